The highest BCUT2D eigenvalue weighted by atomic mass is 127. The number of amides is 1. The Balaban J connectivity index is 2.28. The molecule has 0 bridgehead atoms. The largest absolute Gasteiger partial charge is 0.397 e. The van der Waals surface area contributed by atoms with E-state index in [1.54, 1.807) is 12.1 Å². The lowest BCUT2D eigenvalue weighted by atomic mass is 10.2. The van der Waals surface area contributed by atoms with Gasteiger partial charge in [0.15, 0.2) is 0 Å². The Labute approximate surface area is 140 Å². The molecule has 0 unspecified atom stereocenters. The number of nitrogens with two attached hydrogens (primary N) is 1. The lowest BCUT2D eigenvalue weighted by molar-refractivity contribution is 0.102. The van der Waals surface area contributed by atoms with Crippen LogP contribution >= 0.6 is 54.5 Å². The first-order valence-corrected chi connectivity index (χ1v) is 7.81. The number of nitrogen functional groups attached to an aromatic ring is 1. The van der Waals surface area contributed by atoms with E-state index in [1.165, 1.54) is 6.20 Å². The van der Waals surface area contributed by atoms with Crippen LogP contribution in [0, 0.1) is 3.57 Å². The summed E-state index contributed by atoms with van der Waals surface area (Å²) in [6.07, 6.45) is 1.49. The minimum atomic E-state index is -0.219. The monoisotopic (exact) mass is 495 g/mol. The van der Waals surface area contributed by atoms with Crippen molar-refractivity contribution in [2.75, 3.05) is 11.1 Å². The maximum Gasteiger partial charge on any atom is 0.257 e. The van der Waals surface area contributed by atoms with Gasteiger partial charge in [0.05, 0.1) is 21.9 Å². The fraction of sp³-hybridized carbons (Fsp3) is 0. The van der Waals surface area contributed by atoms with Gasteiger partial charge in [0.2, 0.25) is 0 Å². The van der Waals surface area contributed by atoms with Gasteiger partial charge in [-0.2, -0.15) is 0 Å². The number of anilines is 2. The minimum absolute atomic E-state index is 0.219. The maximum absolute atomic E-state index is 12.2. The van der Waals surface area contributed by atoms with Crippen molar-refractivity contribution >= 4 is 71.9 Å². The Bertz CT molecular complexity index is 649. The molecule has 0 saturated carbocycles. The van der Waals surface area contributed by atoms with Gasteiger partial charge >= 0.3 is 0 Å². The molecular weight excluding hydrogens is 489 g/mol. The number of pyridine rings is 1. The van der Waals surface area contributed by atoms with Crippen LogP contribution in [0.25, 0.3) is 0 Å². The molecule has 0 aliphatic carbocycles. The van der Waals surface area contributed by atoms with Gasteiger partial charge in [-0.1, -0.05) is 15.9 Å². The second-order valence-electron chi connectivity index (χ2n) is 3.68. The number of aromatic nitrogens is 1. The Hall–Kier alpha value is -0.670. The molecule has 3 N–H and O–H groups in total. The summed E-state index contributed by atoms with van der Waals surface area (Å²) < 4.78 is 2.36. The molecule has 4 nitrogen and oxygen atoms in total. The van der Waals surface area contributed by atoms with E-state index in [0.29, 0.717) is 21.5 Å². The molecule has 2 rings (SSSR count). The number of carbonyl (C=O) groups excluding carboxylic acids is 1. The zero-order valence-corrected chi connectivity index (χ0v) is 14.8. The SMILES string of the molecule is Nc1cnc(NC(=O)c2cc(Br)ccc2I)c(Br)c1. The predicted octanol–water partition coefficient (Wildman–Crippen LogP) is 4.05. The van der Waals surface area contributed by atoms with Crippen LogP contribution in [0.3, 0.4) is 0 Å². The molecule has 0 spiro atoms. The third-order valence-corrected chi connectivity index (χ3v) is 4.31. The van der Waals surface area contributed by atoms with Crippen molar-refractivity contribution in [3.8, 4) is 0 Å². The van der Waals surface area contributed by atoms with Crippen molar-refractivity contribution in [2.24, 2.45) is 0 Å². The summed E-state index contributed by atoms with van der Waals surface area (Å²) in [5, 5.41) is 2.74. The number of hydrogen-bond acceptors (Lipinski definition) is 3. The summed E-state index contributed by atoms with van der Waals surface area (Å²) in [6.45, 7) is 0. The van der Waals surface area contributed by atoms with Crippen LogP contribution < -0.4 is 11.1 Å². The summed E-state index contributed by atoms with van der Waals surface area (Å²) >= 11 is 8.78. The van der Waals surface area contributed by atoms with Crippen molar-refractivity contribution in [2.45, 2.75) is 0 Å². The van der Waals surface area contributed by atoms with Crippen LogP contribution in [0.5, 0.6) is 0 Å². The summed E-state index contributed by atoms with van der Waals surface area (Å²) in [4.78, 5) is 16.3. The molecule has 1 heterocycles. The van der Waals surface area contributed by atoms with Crippen molar-refractivity contribution in [1.29, 1.82) is 0 Å². The number of benzene rings is 1. The summed E-state index contributed by atoms with van der Waals surface area (Å²) in [5.74, 6) is 0.221. The second-order valence-corrected chi connectivity index (χ2v) is 6.61. The molecule has 1 aromatic carbocycles. The molecule has 0 saturated heterocycles. The Kier molecular flexibility index (Phi) is 4.80. The van der Waals surface area contributed by atoms with E-state index < -0.39 is 0 Å². The van der Waals surface area contributed by atoms with E-state index in [-0.39, 0.29) is 5.91 Å². The number of nitrogens with zero attached hydrogens (tertiary/aromatic N) is 1. The highest BCUT2D eigenvalue weighted by Gasteiger charge is 2.13. The van der Waals surface area contributed by atoms with E-state index >= 15 is 0 Å². The molecule has 0 fully saturated rings. The summed E-state index contributed by atoms with van der Waals surface area (Å²) in [6, 6.07) is 7.21. The maximum atomic E-state index is 12.2. The van der Waals surface area contributed by atoms with Gasteiger partial charge in [0.25, 0.3) is 5.91 Å². The van der Waals surface area contributed by atoms with Crippen LogP contribution in [-0.2, 0) is 0 Å². The second kappa shape index (κ2) is 6.19. The molecule has 0 aliphatic rings. The van der Waals surface area contributed by atoms with Crippen molar-refractivity contribution < 1.29 is 4.79 Å². The smallest absolute Gasteiger partial charge is 0.257 e. The molecule has 0 radical (unpaired) electrons. The standard InChI is InChI=1S/C12H8Br2IN3O/c13-6-1-2-10(15)8(3-6)12(19)18-11-9(14)4-7(16)5-17-11/h1-5H,16H2,(H,17,18,19). The first-order valence-electron chi connectivity index (χ1n) is 5.15. The Morgan fingerprint density at radius 3 is 2.74 bits per heavy atom. The van der Waals surface area contributed by atoms with Gasteiger partial charge in [-0.25, -0.2) is 4.98 Å². The average Bonchev–Trinajstić information content (AvgIpc) is 2.35. The Morgan fingerprint density at radius 1 is 1.32 bits per heavy atom. The zero-order valence-electron chi connectivity index (χ0n) is 9.45. The number of rotatable bonds is 2. The van der Waals surface area contributed by atoms with Crippen molar-refractivity contribution in [3.63, 3.8) is 0 Å². The average molecular weight is 497 g/mol. The fourth-order valence-electron chi connectivity index (χ4n) is 1.39. The van der Waals surface area contributed by atoms with Crippen LogP contribution in [0.1, 0.15) is 10.4 Å². The molecule has 0 atom stereocenters. The normalized spacial score (nSPS) is 10.3. The highest BCUT2D eigenvalue weighted by molar-refractivity contribution is 14.1. The van der Waals surface area contributed by atoms with Gasteiger partial charge in [0, 0.05) is 8.04 Å². The van der Waals surface area contributed by atoms with E-state index in [4.69, 9.17) is 5.73 Å². The van der Waals surface area contributed by atoms with Crippen LogP contribution in [0.2, 0.25) is 0 Å². The van der Waals surface area contributed by atoms with Gasteiger partial charge < -0.3 is 11.1 Å². The lowest BCUT2D eigenvalue weighted by Crippen LogP contribution is -2.15. The number of carbonyl (C=O) groups is 1. The number of halogens is 3. The van der Waals surface area contributed by atoms with Gasteiger partial charge in [-0.05, 0) is 62.8 Å². The third-order valence-electron chi connectivity index (χ3n) is 2.27. The molecule has 98 valence electrons. The lowest BCUT2D eigenvalue weighted by Gasteiger charge is -2.08. The van der Waals surface area contributed by atoms with Gasteiger partial charge in [0.1, 0.15) is 5.82 Å². The van der Waals surface area contributed by atoms with Crippen LogP contribution in [0.4, 0.5) is 11.5 Å². The van der Waals surface area contributed by atoms with E-state index in [1.807, 2.05) is 12.1 Å². The topological polar surface area (TPSA) is 68.0 Å². The molecule has 19 heavy (non-hydrogen) atoms. The summed E-state index contributed by atoms with van der Waals surface area (Å²) in [7, 11) is 0. The molecule has 1 aromatic heterocycles. The molecular formula is C12H8Br2IN3O. The molecule has 2 aromatic rings. The van der Waals surface area contributed by atoms with Gasteiger partial charge in [-0.15, -0.1) is 0 Å². The van der Waals surface area contributed by atoms with Crippen LogP contribution in [-0.4, -0.2) is 10.9 Å². The molecule has 1 amide bonds. The van der Waals surface area contributed by atoms with Crippen molar-refractivity contribution in [1.82, 2.24) is 4.98 Å². The first-order chi connectivity index (χ1) is 8.97. The first kappa shape index (κ1) is 14.7. The van der Waals surface area contributed by atoms with E-state index in [2.05, 4.69) is 64.8 Å². The number of nitrogens with one attached hydrogen (secondary N) is 1. The Morgan fingerprint density at radius 2 is 2.05 bits per heavy atom. The zero-order chi connectivity index (χ0) is 14.0. The predicted molar refractivity (Wildman–Crippen MR) is 91.2 cm³/mol. The quantitative estimate of drug-likeness (QED) is 0.617. The summed E-state index contributed by atoms with van der Waals surface area (Å²) in [5.41, 5.74) is 6.71. The van der Waals surface area contributed by atoms with Crippen molar-refractivity contribution in [3.05, 3.63) is 48.5 Å². The third kappa shape index (κ3) is 3.67. The van der Waals surface area contributed by atoms with Gasteiger partial charge in [-0.3, -0.25) is 4.79 Å². The van der Waals surface area contributed by atoms with E-state index in [0.717, 1.165) is 8.04 Å². The van der Waals surface area contributed by atoms with E-state index in [9.17, 15) is 4.79 Å². The molecule has 7 heteroatoms. The highest BCUT2D eigenvalue weighted by Crippen LogP contribution is 2.24. The minimum Gasteiger partial charge on any atom is -0.397 e. The fourth-order valence-corrected chi connectivity index (χ4v) is 2.80. The molecule has 0 aliphatic heterocycles. The van der Waals surface area contributed by atoms with Crippen LogP contribution in [0.15, 0.2) is 39.4 Å². The number of hydrogen-bond donors (Lipinski definition) is 2.